The number of aromatic nitrogens is 1. The predicted molar refractivity (Wildman–Crippen MR) is 88.4 cm³/mol. The largest absolute Gasteiger partial charge is 0.309 e. The molecule has 3 heteroatoms. The molecule has 0 aliphatic rings. The maximum absolute atomic E-state index is 13.9. The second-order valence-corrected chi connectivity index (χ2v) is 7.70. The minimum absolute atomic E-state index is 0.826. The minimum atomic E-state index is -2.84. The van der Waals surface area contributed by atoms with Crippen LogP contribution in [0.25, 0.3) is 0 Å². The van der Waals surface area contributed by atoms with Gasteiger partial charge in [-0.15, -0.1) is 0 Å². The van der Waals surface area contributed by atoms with Gasteiger partial charge in [0.2, 0.25) is 0 Å². The summed E-state index contributed by atoms with van der Waals surface area (Å²) in [5, 5.41) is 2.52. The lowest BCUT2D eigenvalue weighted by Crippen LogP contribution is -2.25. The van der Waals surface area contributed by atoms with E-state index in [1.807, 2.05) is 79.7 Å². The van der Waals surface area contributed by atoms with Crippen molar-refractivity contribution in [3.05, 3.63) is 84.7 Å². The Morgan fingerprint density at radius 2 is 1.29 bits per heavy atom. The molecule has 0 fully saturated rings. The molecule has 0 bridgehead atoms. The lowest BCUT2D eigenvalue weighted by atomic mass is 10.4. The van der Waals surface area contributed by atoms with Crippen LogP contribution in [0.4, 0.5) is 0 Å². The molecule has 0 unspecified atom stereocenters. The molecule has 104 valence electrons. The van der Waals surface area contributed by atoms with E-state index in [9.17, 15) is 4.57 Å². The van der Waals surface area contributed by atoms with Gasteiger partial charge in [-0.2, -0.15) is 0 Å². The number of aryl methyl sites for hydroxylation is 1. The van der Waals surface area contributed by atoms with E-state index in [0.29, 0.717) is 0 Å². The Morgan fingerprint density at radius 1 is 0.762 bits per heavy atom. The van der Waals surface area contributed by atoms with E-state index in [-0.39, 0.29) is 0 Å². The van der Waals surface area contributed by atoms with Gasteiger partial charge in [0.25, 0.3) is 0 Å². The van der Waals surface area contributed by atoms with Crippen LogP contribution in [0, 0.1) is 6.92 Å². The van der Waals surface area contributed by atoms with E-state index in [0.717, 1.165) is 21.6 Å². The Morgan fingerprint density at radius 3 is 1.76 bits per heavy atom. The summed E-state index contributed by atoms with van der Waals surface area (Å²) in [6, 6.07) is 23.1. The van der Waals surface area contributed by atoms with Crippen molar-refractivity contribution < 1.29 is 4.57 Å². The normalized spacial score (nSPS) is 11.3. The first-order valence-electron chi connectivity index (χ1n) is 6.86. The van der Waals surface area contributed by atoms with Gasteiger partial charge in [0.1, 0.15) is 0 Å². The van der Waals surface area contributed by atoms with Gasteiger partial charge < -0.3 is 4.57 Å². The van der Waals surface area contributed by atoms with Gasteiger partial charge in [-0.05, 0) is 19.1 Å². The summed E-state index contributed by atoms with van der Waals surface area (Å²) in [6.07, 6.45) is 1.73. The second-order valence-electron chi connectivity index (χ2n) is 4.94. The number of hydrogen-bond acceptors (Lipinski definition) is 2. The van der Waals surface area contributed by atoms with Crippen molar-refractivity contribution >= 4 is 23.1 Å². The Labute approximate surface area is 124 Å². The zero-order valence-electron chi connectivity index (χ0n) is 11.8. The van der Waals surface area contributed by atoms with E-state index in [2.05, 4.69) is 4.98 Å². The predicted octanol–water partition coefficient (Wildman–Crippen LogP) is 3.03. The van der Waals surface area contributed by atoms with Gasteiger partial charge in [-0.3, -0.25) is 4.98 Å². The van der Waals surface area contributed by atoms with Gasteiger partial charge in [-0.1, -0.05) is 60.7 Å². The molecule has 1 heterocycles. The fraction of sp³-hybridized carbons (Fsp3) is 0.0556. The van der Waals surface area contributed by atoms with Crippen LogP contribution < -0.4 is 15.9 Å². The molecule has 0 N–H and O–H groups in total. The third-order valence-corrected chi connectivity index (χ3v) is 6.54. The molecule has 3 rings (SSSR count). The Hall–Kier alpha value is -2.18. The van der Waals surface area contributed by atoms with Crippen LogP contribution in [-0.2, 0) is 4.57 Å². The molecule has 2 aromatic carbocycles. The molecule has 2 nitrogen and oxygen atoms in total. The van der Waals surface area contributed by atoms with Gasteiger partial charge >= 0.3 is 0 Å². The molecule has 0 saturated carbocycles. The van der Waals surface area contributed by atoms with Crippen molar-refractivity contribution in [1.29, 1.82) is 0 Å². The summed E-state index contributed by atoms with van der Waals surface area (Å²) in [5.74, 6) is 0. The van der Waals surface area contributed by atoms with E-state index < -0.39 is 7.14 Å². The Kier molecular flexibility index (Phi) is 3.72. The number of pyridine rings is 1. The topological polar surface area (TPSA) is 30.0 Å². The molecular formula is C18H16NOP. The highest BCUT2D eigenvalue weighted by Crippen LogP contribution is 2.42. The molecule has 3 aromatic rings. The zero-order chi connectivity index (χ0) is 14.7. The fourth-order valence-electron chi connectivity index (χ4n) is 2.45. The van der Waals surface area contributed by atoms with Crippen LogP contribution in [-0.4, -0.2) is 4.98 Å². The monoisotopic (exact) mass is 293 g/mol. The highest BCUT2D eigenvalue weighted by molar-refractivity contribution is 7.85. The van der Waals surface area contributed by atoms with Gasteiger partial charge in [0, 0.05) is 27.8 Å². The quantitative estimate of drug-likeness (QED) is 0.695. The van der Waals surface area contributed by atoms with Crippen LogP contribution in [0.5, 0.6) is 0 Å². The van der Waals surface area contributed by atoms with Crippen molar-refractivity contribution in [2.24, 2.45) is 0 Å². The van der Waals surface area contributed by atoms with E-state index in [1.54, 1.807) is 6.20 Å². The van der Waals surface area contributed by atoms with Crippen LogP contribution in [0.15, 0.2) is 79.0 Å². The van der Waals surface area contributed by atoms with E-state index >= 15 is 0 Å². The first kappa shape index (κ1) is 13.8. The molecule has 0 spiro atoms. The number of nitrogens with zero attached hydrogens (tertiary/aromatic N) is 1. The summed E-state index contributed by atoms with van der Waals surface area (Å²) in [4.78, 5) is 4.22. The van der Waals surface area contributed by atoms with Crippen molar-refractivity contribution in [2.45, 2.75) is 6.92 Å². The standard InChI is InChI=1S/C18H16NOP/c1-15-14-18(12-13-19-15)21(20,16-8-4-2-5-9-16)17-10-6-3-7-11-17/h2-14H,1H3. The highest BCUT2D eigenvalue weighted by atomic mass is 31.2. The van der Waals surface area contributed by atoms with Gasteiger partial charge in [0.15, 0.2) is 7.14 Å². The van der Waals surface area contributed by atoms with E-state index in [4.69, 9.17) is 0 Å². The lowest BCUT2D eigenvalue weighted by Gasteiger charge is -2.20. The first-order valence-corrected chi connectivity index (χ1v) is 8.56. The van der Waals surface area contributed by atoms with Crippen molar-refractivity contribution in [3.8, 4) is 0 Å². The molecule has 0 atom stereocenters. The fourth-order valence-corrected chi connectivity index (χ4v) is 5.17. The summed E-state index contributed by atoms with van der Waals surface area (Å²) in [7, 11) is -2.84. The Bertz CT molecular complexity index is 741. The zero-order valence-corrected chi connectivity index (χ0v) is 12.7. The molecule has 0 aliphatic carbocycles. The van der Waals surface area contributed by atoms with Gasteiger partial charge in [-0.25, -0.2) is 0 Å². The second kappa shape index (κ2) is 5.67. The maximum atomic E-state index is 13.9. The molecule has 0 radical (unpaired) electrons. The third kappa shape index (κ3) is 2.55. The average molecular weight is 293 g/mol. The first-order chi connectivity index (χ1) is 10.2. The SMILES string of the molecule is Cc1cc(P(=O)(c2ccccc2)c2ccccc2)ccn1. The highest BCUT2D eigenvalue weighted by Gasteiger charge is 2.29. The van der Waals surface area contributed by atoms with E-state index in [1.165, 1.54) is 0 Å². The molecule has 0 saturated heterocycles. The number of rotatable bonds is 3. The Balaban J connectivity index is 2.29. The van der Waals surface area contributed by atoms with Crippen LogP contribution >= 0.6 is 7.14 Å². The molecule has 0 amide bonds. The molecule has 0 aliphatic heterocycles. The van der Waals surface area contributed by atoms with Crippen LogP contribution in [0.1, 0.15) is 5.69 Å². The van der Waals surface area contributed by atoms with Crippen LogP contribution in [0.3, 0.4) is 0 Å². The third-order valence-electron chi connectivity index (χ3n) is 3.48. The molecule has 1 aromatic heterocycles. The molecular weight excluding hydrogens is 277 g/mol. The lowest BCUT2D eigenvalue weighted by molar-refractivity contribution is 0.592. The van der Waals surface area contributed by atoms with Crippen LogP contribution in [0.2, 0.25) is 0 Å². The van der Waals surface area contributed by atoms with Crippen molar-refractivity contribution in [1.82, 2.24) is 4.98 Å². The summed E-state index contributed by atoms with van der Waals surface area (Å²) in [5.41, 5.74) is 0.875. The number of benzene rings is 2. The van der Waals surface area contributed by atoms with Crippen molar-refractivity contribution in [3.63, 3.8) is 0 Å². The smallest absolute Gasteiger partial charge is 0.171 e. The average Bonchev–Trinajstić information content (AvgIpc) is 2.56. The minimum Gasteiger partial charge on any atom is -0.309 e. The molecule has 21 heavy (non-hydrogen) atoms. The van der Waals surface area contributed by atoms with Gasteiger partial charge in [0.05, 0.1) is 0 Å². The van der Waals surface area contributed by atoms with Crippen molar-refractivity contribution in [2.75, 3.05) is 0 Å². The summed E-state index contributed by atoms with van der Waals surface area (Å²) < 4.78 is 13.9. The summed E-state index contributed by atoms with van der Waals surface area (Å²) >= 11 is 0. The number of hydrogen-bond donors (Lipinski definition) is 0. The maximum Gasteiger partial charge on any atom is 0.171 e. The summed E-state index contributed by atoms with van der Waals surface area (Å²) in [6.45, 7) is 1.92.